The summed E-state index contributed by atoms with van der Waals surface area (Å²) in [5.41, 5.74) is 6.64. The minimum Gasteiger partial charge on any atom is -0.329 e. The van der Waals surface area contributed by atoms with Crippen LogP contribution in [0.2, 0.25) is 0 Å². The maximum Gasteiger partial charge on any atom is 0.0333 e. The molecule has 21 heavy (non-hydrogen) atoms. The molecule has 1 aliphatic carbocycles. The molecule has 0 bridgehead atoms. The zero-order chi connectivity index (χ0) is 14.7. The Kier molecular flexibility index (Phi) is 5.23. The van der Waals surface area contributed by atoms with Crippen LogP contribution < -0.4 is 5.73 Å². The summed E-state index contributed by atoms with van der Waals surface area (Å²) in [5, 5.41) is 0. The number of piperazine rings is 1. The number of nitrogens with two attached hydrogens (primary N) is 1. The minimum absolute atomic E-state index is 0.341. The van der Waals surface area contributed by atoms with Gasteiger partial charge in [-0.3, -0.25) is 9.80 Å². The SMILES string of the molecule is CCCC1CCC(CN)(N2CCN3CCCCC3C2)CC1. The predicted octanol–water partition coefficient (Wildman–Crippen LogP) is 2.84. The Balaban J connectivity index is 1.61. The quantitative estimate of drug-likeness (QED) is 0.865. The largest absolute Gasteiger partial charge is 0.329 e. The number of fused-ring (bicyclic) bond motifs is 1. The molecule has 2 heterocycles. The Hall–Kier alpha value is -0.120. The zero-order valence-electron chi connectivity index (χ0n) is 14.0. The monoisotopic (exact) mass is 293 g/mol. The second kappa shape index (κ2) is 6.97. The van der Waals surface area contributed by atoms with E-state index in [2.05, 4.69) is 16.7 Å². The third-order valence-corrected chi connectivity index (χ3v) is 6.62. The molecule has 0 aromatic rings. The van der Waals surface area contributed by atoms with Gasteiger partial charge in [-0.25, -0.2) is 0 Å². The third kappa shape index (κ3) is 3.30. The van der Waals surface area contributed by atoms with Crippen LogP contribution in [0.4, 0.5) is 0 Å². The highest BCUT2D eigenvalue weighted by Gasteiger charge is 2.42. The number of hydrogen-bond acceptors (Lipinski definition) is 3. The van der Waals surface area contributed by atoms with Gasteiger partial charge in [0, 0.05) is 37.8 Å². The molecule has 0 amide bonds. The Morgan fingerprint density at radius 2 is 1.86 bits per heavy atom. The lowest BCUT2D eigenvalue weighted by Crippen LogP contribution is -2.64. The molecular formula is C18H35N3. The smallest absolute Gasteiger partial charge is 0.0333 e. The van der Waals surface area contributed by atoms with Crippen LogP contribution in [0.3, 0.4) is 0 Å². The van der Waals surface area contributed by atoms with Gasteiger partial charge in [0.2, 0.25) is 0 Å². The van der Waals surface area contributed by atoms with Crippen LogP contribution in [-0.4, -0.2) is 54.1 Å². The van der Waals surface area contributed by atoms with E-state index in [1.807, 2.05) is 0 Å². The lowest BCUT2D eigenvalue weighted by molar-refractivity contribution is -0.0323. The molecule has 0 radical (unpaired) electrons. The fourth-order valence-corrected chi connectivity index (χ4v) is 5.15. The van der Waals surface area contributed by atoms with E-state index in [4.69, 9.17) is 5.73 Å². The standard InChI is InChI=1S/C18H35N3/c1-2-5-16-7-9-18(15-19,10-8-16)21-13-12-20-11-4-3-6-17(20)14-21/h16-17H,2-15,19H2,1H3. The second-order valence-corrected chi connectivity index (χ2v) is 7.79. The van der Waals surface area contributed by atoms with E-state index in [0.717, 1.165) is 18.5 Å². The molecule has 3 rings (SSSR count). The number of piperidine rings is 1. The average molecular weight is 293 g/mol. The van der Waals surface area contributed by atoms with Gasteiger partial charge in [-0.05, 0) is 51.0 Å². The van der Waals surface area contributed by atoms with E-state index in [0.29, 0.717) is 5.54 Å². The molecule has 1 unspecified atom stereocenters. The lowest BCUT2D eigenvalue weighted by atomic mass is 9.73. The van der Waals surface area contributed by atoms with E-state index >= 15 is 0 Å². The van der Waals surface area contributed by atoms with Gasteiger partial charge < -0.3 is 5.73 Å². The number of nitrogens with zero attached hydrogens (tertiary/aromatic N) is 2. The van der Waals surface area contributed by atoms with Gasteiger partial charge in [0.1, 0.15) is 0 Å². The third-order valence-electron chi connectivity index (χ3n) is 6.62. The fraction of sp³-hybridized carbons (Fsp3) is 1.00. The lowest BCUT2D eigenvalue weighted by Gasteiger charge is -2.53. The van der Waals surface area contributed by atoms with Crippen molar-refractivity contribution in [2.45, 2.75) is 76.3 Å². The van der Waals surface area contributed by atoms with Crippen molar-refractivity contribution in [3.63, 3.8) is 0 Å². The molecule has 3 fully saturated rings. The molecular weight excluding hydrogens is 258 g/mol. The van der Waals surface area contributed by atoms with Gasteiger partial charge in [0.15, 0.2) is 0 Å². The molecule has 0 aromatic heterocycles. The molecule has 122 valence electrons. The molecule has 2 aliphatic heterocycles. The minimum atomic E-state index is 0.341. The highest BCUT2D eigenvalue weighted by molar-refractivity contribution is 4.99. The maximum atomic E-state index is 6.30. The summed E-state index contributed by atoms with van der Waals surface area (Å²) in [5.74, 6) is 0.977. The molecule has 2 N–H and O–H groups in total. The van der Waals surface area contributed by atoms with Gasteiger partial charge in [0.25, 0.3) is 0 Å². The summed E-state index contributed by atoms with van der Waals surface area (Å²) < 4.78 is 0. The summed E-state index contributed by atoms with van der Waals surface area (Å²) in [4.78, 5) is 5.55. The van der Waals surface area contributed by atoms with Gasteiger partial charge in [0.05, 0.1) is 0 Å². The van der Waals surface area contributed by atoms with Crippen LogP contribution in [0, 0.1) is 5.92 Å². The van der Waals surface area contributed by atoms with Crippen molar-refractivity contribution in [2.75, 3.05) is 32.7 Å². The molecule has 0 spiro atoms. The summed E-state index contributed by atoms with van der Waals surface area (Å²) in [6.07, 6.45) is 12.6. The van der Waals surface area contributed by atoms with Crippen molar-refractivity contribution in [1.29, 1.82) is 0 Å². The highest BCUT2D eigenvalue weighted by atomic mass is 15.3. The Morgan fingerprint density at radius 1 is 1.05 bits per heavy atom. The molecule has 3 nitrogen and oxygen atoms in total. The van der Waals surface area contributed by atoms with Crippen molar-refractivity contribution in [3.8, 4) is 0 Å². The van der Waals surface area contributed by atoms with E-state index in [1.54, 1.807) is 0 Å². The van der Waals surface area contributed by atoms with Crippen molar-refractivity contribution in [2.24, 2.45) is 11.7 Å². The van der Waals surface area contributed by atoms with E-state index in [-0.39, 0.29) is 0 Å². The summed E-state index contributed by atoms with van der Waals surface area (Å²) in [6, 6.07) is 0.823. The molecule has 3 heteroatoms. The van der Waals surface area contributed by atoms with Gasteiger partial charge in [-0.2, -0.15) is 0 Å². The second-order valence-electron chi connectivity index (χ2n) is 7.79. The molecule has 1 atom stereocenters. The van der Waals surface area contributed by atoms with Crippen molar-refractivity contribution in [3.05, 3.63) is 0 Å². The van der Waals surface area contributed by atoms with Crippen LogP contribution in [0.1, 0.15) is 64.7 Å². The first-order valence-electron chi connectivity index (χ1n) is 9.46. The average Bonchev–Trinajstić information content (AvgIpc) is 2.56. The van der Waals surface area contributed by atoms with Gasteiger partial charge in [-0.15, -0.1) is 0 Å². The Labute approximate surface area is 131 Å². The summed E-state index contributed by atoms with van der Waals surface area (Å²) in [7, 11) is 0. The number of rotatable bonds is 4. The van der Waals surface area contributed by atoms with Crippen molar-refractivity contribution in [1.82, 2.24) is 9.80 Å². The van der Waals surface area contributed by atoms with E-state index in [9.17, 15) is 0 Å². The first-order chi connectivity index (χ1) is 10.3. The normalized spacial score (nSPS) is 39.1. The van der Waals surface area contributed by atoms with Gasteiger partial charge in [-0.1, -0.05) is 26.2 Å². The molecule has 3 aliphatic rings. The molecule has 2 saturated heterocycles. The first-order valence-corrected chi connectivity index (χ1v) is 9.46. The van der Waals surface area contributed by atoms with Gasteiger partial charge >= 0.3 is 0 Å². The summed E-state index contributed by atoms with van der Waals surface area (Å²) >= 11 is 0. The molecule has 0 aromatic carbocycles. The fourth-order valence-electron chi connectivity index (χ4n) is 5.15. The van der Waals surface area contributed by atoms with Crippen LogP contribution in [0.5, 0.6) is 0 Å². The van der Waals surface area contributed by atoms with E-state index in [1.165, 1.54) is 84.0 Å². The molecule has 1 saturated carbocycles. The van der Waals surface area contributed by atoms with Crippen LogP contribution in [-0.2, 0) is 0 Å². The first kappa shape index (κ1) is 15.8. The topological polar surface area (TPSA) is 32.5 Å². The van der Waals surface area contributed by atoms with Crippen molar-refractivity contribution >= 4 is 0 Å². The maximum absolute atomic E-state index is 6.30. The van der Waals surface area contributed by atoms with Crippen LogP contribution >= 0.6 is 0 Å². The number of hydrogen-bond donors (Lipinski definition) is 1. The van der Waals surface area contributed by atoms with E-state index < -0.39 is 0 Å². The zero-order valence-corrected chi connectivity index (χ0v) is 14.0. The Bertz CT molecular complexity index is 322. The highest BCUT2D eigenvalue weighted by Crippen LogP contribution is 2.39. The summed E-state index contributed by atoms with van der Waals surface area (Å²) in [6.45, 7) is 8.37. The predicted molar refractivity (Wildman–Crippen MR) is 89.4 cm³/mol. The van der Waals surface area contributed by atoms with Crippen LogP contribution in [0.15, 0.2) is 0 Å². The van der Waals surface area contributed by atoms with Crippen molar-refractivity contribution < 1.29 is 0 Å². The van der Waals surface area contributed by atoms with Crippen LogP contribution in [0.25, 0.3) is 0 Å². The Morgan fingerprint density at radius 3 is 2.57 bits per heavy atom.